The van der Waals surface area contributed by atoms with Gasteiger partial charge in [-0.15, -0.1) is 0 Å². The number of anilines is 1. The van der Waals surface area contributed by atoms with E-state index in [4.69, 9.17) is 17.0 Å². The zero-order valence-electron chi connectivity index (χ0n) is 14.5. The van der Waals surface area contributed by atoms with Crippen LogP contribution in [0.1, 0.15) is 16.7 Å². The highest BCUT2D eigenvalue weighted by Crippen LogP contribution is 2.36. The Bertz CT molecular complexity index is 1010. The van der Waals surface area contributed by atoms with E-state index in [0.29, 0.717) is 10.5 Å². The van der Waals surface area contributed by atoms with Gasteiger partial charge in [-0.1, -0.05) is 29.9 Å². The summed E-state index contributed by atoms with van der Waals surface area (Å²) in [6.07, 6.45) is 0.745. The number of H-pyrrole nitrogens is 1. The maximum Gasteiger partial charge on any atom is 0.205 e. The molecule has 1 N–H and O–H groups in total. The van der Waals surface area contributed by atoms with Crippen molar-refractivity contribution in [3.8, 4) is 23.0 Å². The van der Waals surface area contributed by atoms with Crippen LogP contribution in [0.25, 0.3) is 11.4 Å². The summed E-state index contributed by atoms with van der Waals surface area (Å²) in [6.45, 7) is 2.08. The summed E-state index contributed by atoms with van der Waals surface area (Å²) in [7, 11) is 4.04. The third kappa shape index (κ3) is 2.91. The number of hydrogen-bond donors (Lipinski definition) is 1. The molecule has 0 saturated heterocycles. The van der Waals surface area contributed by atoms with Crippen molar-refractivity contribution in [2.45, 2.75) is 13.3 Å². The summed E-state index contributed by atoms with van der Waals surface area (Å²) in [6, 6.07) is 14.4. The van der Waals surface area contributed by atoms with Crippen LogP contribution in [0.5, 0.6) is 11.6 Å². The number of nitrogens with one attached hydrogen (secondary N) is 1. The Hall–Kier alpha value is -2.66. The zero-order valence-corrected chi connectivity index (χ0v) is 15.3. The molecule has 0 amide bonds. The average Bonchev–Trinajstić information content (AvgIpc) is 2.60. The van der Waals surface area contributed by atoms with Gasteiger partial charge in [0.05, 0.1) is 5.56 Å². The SMILES string of the molecule is Cc1ccc2c(c1)Cc1c([nH]c(-c3ccc(N(C)C)cc3)nc1=S)O2. The van der Waals surface area contributed by atoms with E-state index in [0.717, 1.165) is 40.4 Å². The minimum absolute atomic E-state index is 0.590. The van der Waals surface area contributed by atoms with Gasteiger partial charge in [-0.2, -0.15) is 0 Å². The molecule has 0 unspecified atom stereocenters. The van der Waals surface area contributed by atoms with Gasteiger partial charge in [-0.3, -0.25) is 0 Å². The fraction of sp³-hybridized carbons (Fsp3) is 0.200. The molecular weight excluding hydrogens is 330 g/mol. The molecule has 0 aliphatic carbocycles. The van der Waals surface area contributed by atoms with Crippen molar-refractivity contribution in [1.29, 1.82) is 0 Å². The Morgan fingerprint density at radius 2 is 1.88 bits per heavy atom. The molecule has 0 atom stereocenters. The van der Waals surface area contributed by atoms with Crippen LogP contribution in [0.4, 0.5) is 5.69 Å². The Morgan fingerprint density at radius 3 is 2.60 bits per heavy atom. The monoisotopic (exact) mass is 349 g/mol. The summed E-state index contributed by atoms with van der Waals surface area (Å²) in [5, 5.41) is 0. The second-order valence-electron chi connectivity index (χ2n) is 6.53. The van der Waals surface area contributed by atoms with E-state index in [1.165, 1.54) is 5.56 Å². The van der Waals surface area contributed by atoms with Crippen molar-refractivity contribution >= 4 is 17.9 Å². The Kier molecular flexibility index (Phi) is 3.81. The fourth-order valence-corrected chi connectivity index (χ4v) is 3.28. The molecule has 0 fully saturated rings. The highest BCUT2D eigenvalue weighted by molar-refractivity contribution is 7.71. The zero-order chi connectivity index (χ0) is 17.6. The van der Waals surface area contributed by atoms with Crippen LogP contribution in [-0.4, -0.2) is 24.1 Å². The van der Waals surface area contributed by atoms with Crippen molar-refractivity contribution in [3.05, 3.63) is 63.8 Å². The van der Waals surface area contributed by atoms with E-state index in [-0.39, 0.29) is 0 Å². The van der Waals surface area contributed by atoms with Gasteiger partial charge >= 0.3 is 0 Å². The molecule has 5 heteroatoms. The number of ether oxygens (including phenoxy) is 1. The number of benzene rings is 2. The summed E-state index contributed by atoms with van der Waals surface area (Å²) >= 11 is 5.54. The minimum atomic E-state index is 0.590. The molecule has 1 aliphatic heterocycles. The van der Waals surface area contributed by atoms with E-state index >= 15 is 0 Å². The van der Waals surface area contributed by atoms with Gasteiger partial charge < -0.3 is 14.6 Å². The lowest BCUT2D eigenvalue weighted by atomic mass is 10.0. The molecule has 4 rings (SSSR count). The lowest BCUT2D eigenvalue weighted by molar-refractivity contribution is 0.439. The first-order chi connectivity index (χ1) is 12.0. The molecule has 1 aliphatic rings. The molecule has 4 nitrogen and oxygen atoms in total. The predicted octanol–water partition coefficient (Wildman–Crippen LogP) is 4.88. The number of aromatic nitrogens is 2. The van der Waals surface area contributed by atoms with Crippen molar-refractivity contribution in [2.24, 2.45) is 0 Å². The number of aryl methyl sites for hydroxylation is 1. The van der Waals surface area contributed by atoms with Crippen LogP contribution >= 0.6 is 12.2 Å². The number of rotatable bonds is 2. The molecule has 0 saturated carbocycles. The van der Waals surface area contributed by atoms with Crippen LogP contribution < -0.4 is 9.64 Å². The van der Waals surface area contributed by atoms with Crippen LogP contribution in [0.2, 0.25) is 0 Å². The van der Waals surface area contributed by atoms with Gasteiger partial charge in [-0.05, 0) is 42.8 Å². The molecular formula is C20H19N3OS. The quantitative estimate of drug-likeness (QED) is 0.524. The Labute approximate surface area is 152 Å². The number of fused-ring (bicyclic) bond motifs is 2. The van der Waals surface area contributed by atoms with Crippen LogP contribution in [0.3, 0.4) is 0 Å². The van der Waals surface area contributed by atoms with Crippen molar-refractivity contribution in [3.63, 3.8) is 0 Å². The highest BCUT2D eigenvalue weighted by atomic mass is 32.1. The highest BCUT2D eigenvalue weighted by Gasteiger charge is 2.20. The molecule has 25 heavy (non-hydrogen) atoms. The molecule has 2 aromatic carbocycles. The standard InChI is InChI=1S/C20H19N3OS/c1-12-4-9-17-14(10-12)11-16-19(24-17)21-18(22-20(16)25)13-5-7-15(8-6-13)23(2)3/h4-10H,11H2,1-3H3,(H,21,22,25). The maximum atomic E-state index is 6.07. The van der Waals surface area contributed by atoms with Crippen LogP contribution in [-0.2, 0) is 6.42 Å². The molecule has 0 spiro atoms. The smallest absolute Gasteiger partial charge is 0.205 e. The Morgan fingerprint density at radius 1 is 1.12 bits per heavy atom. The van der Waals surface area contributed by atoms with E-state index in [1.807, 2.05) is 32.3 Å². The third-order valence-corrected chi connectivity index (χ3v) is 4.77. The summed E-state index contributed by atoms with van der Waals surface area (Å²) in [5.41, 5.74) is 5.43. The second kappa shape index (κ2) is 6.01. The molecule has 2 heterocycles. The Balaban J connectivity index is 1.75. The van der Waals surface area contributed by atoms with Crippen LogP contribution in [0.15, 0.2) is 42.5 Å². The van der Waals surface area contributed by atoms with Gasteiger partial charge in [-0.25, -0.2) is 4.98 Å². The lowest BCUT2D eigenvalue weighted by Gasteiger charge is -2.21. The third-order valence-electron chi connectivity index (χ3n) is 4.43. The van der Waals surface area contributed by atoms with Crippen LogP contribution in [0, 0.1) is 11.6 Å². The van der Waals surface area contributed by atoms with Gasteiger partial charge in [0.1, 0.15) is 16.2 Å². The van der Waals surface area contributed by atoms with E-state index < -0.39 is 0 Å². The average molecular weight is 349 g/mol. The first kappa shape index (κ1) is 15.8. The van der Waals surface area contributed by atoms with Gasteiger partial charge in [0.2, 0.25) is 5.88 Å². The summed E-state index contributed by atoms with van der Waals surface area (Å²) in [5.74, 6) is 2.30. The molecule has 0 radical (unpaired) electrons. The van der Waals surface area contributed by atoms with E-state index in [1.54, 1.807) is 0 Å². The normalized spacial score (nSPS) is 12.1. The first-order valence-electron chi connectivity index (χ1n) is 8.19. The largest absolute Gasteiger partial charge is 0.440 e. The van der Waals surface area contributed by atoms with Gasteiger partial charge in [0.25, 0.3) is 0 Å². The van der Waals surface area contributed by atoms with Crippen molar-refractivity contribution < 1.29 is 4.74 Å². The molecule has 0 bridgehead atoms. The predicted molar refractivity (Wildman–Crippen MR) is 103 cm³/mol. The van der Waals surface area contributed by atoms with E-state index in [2.05, 4.69) is 46.1 Å². The summed E-state index contributed by atoms with van der Waals surface area (Å²) < 4.78 is 6.66. The maximum absolute atomic E-state index is 6.07. The minimum Gasteiger partial charge on any atom is -0.440 e. The lowest BCUT2D eigenvalue weighted by Crippen LogP contribution is -2.09. The number of hydrogen-bond acceptors (Lipinski definition) is 4. The summed E-state index contributed by atoms with van der Waals surface area (Å²) in [4.78, 5) is 9.97. The van der Waals surface area contributed by atoms with Crippen molar-refractivity contribution in [2.75, 3.05) is 19.0 Å². The number of aromatic amines is 1. The van der Waals surface area contributed by atoms with Crippen molar-refractivity contribution in [1.82, 2.24) is 9.97 Å². The number of nitrogens with zero attached hydrogens (tertiary/aromatic N) is 2. The molecule has 3 aromatic rings. The van der Waals surface area contributed by atoms with Gasteiger partial charge in [0.15, 0.2) is 0 Å². The molecule has 1 aromatic heterocycles. The first-order valence-corrected chi connectivity index (χ1v) is 8.60. The van der Waals surface area contributed by atoms with Gasteiger partial charge in [0, 0.05) is 31.8 Å². The second-order valence-corrected chi connectivity index (χ2v) is 6.92. The fourth-order valence-electron chi connectivity index (χ4n) is 3.02. The topological polar surface area (TPSA) is 41.2 Å². The van der Waals surface area contributed by atoms with E-state index in [9.17, 15) is 0 Å². The molecule has 126 valence electrons.